The second kappa shape index (κ2) is 5.67. The summed E-state index contributed by atoms with van der Waals surface area (Å²) in [7, 11) is 0. The molecule has 1 saturated carbocycles. The predicted octanol–water partition coefficient (Wildman–Crippen LogP) is 2.79. The highest BCUT2D eigenvalue weighted by Gasteiger charge is 2.37. The number of amides is 1. The molecule has 1 aromatic carbocycles. The van der Waals surface area contributed by atoms with Crippen molar-refractivity contribution >= 4 is 29.1 Å². The first-order valence-electron chi connectivity index (χ1n) is 7.08. The summed E-state index contributed by atoms with van der Waals surface area (Å²) < 4.78 is 0. The van der Waals surface area contributed by atoms with E-state index in [1.165, 1.54) is 6.07 Å². The Labute approximate surface area is 133 Å². The minimum absolute atomic E-state index is 0.0665. The normalized spacial score (nSPS) is 28.8. The van der Waals surface area contributed by atoms with Crippen molar-refractivity contribution in [3.8, 4) is 5.75 Å². The molecule has 0 radical (unpaired) electrons. The highest BCUT2D eigenvalue weighted by Crippen LogP contribution is 2.42. The van der Waals surface area contributed by atoms with Crippen LogP contribution in [0.15, 0.2) is 12.1 Å². The molecule has 0 spiro atoms. The number of hydrogen-bond acceptors (Lipinski definition) is 3. The number of rotatable bonds is 3. The Kier molecular flexibility index (Phi) is 4.04. The fourth-order valence-corrected chi connectivity index (χ4v) is 3.73. The highest BCUT2D eigenvalue weighted by atomic mass is 35.5. The number of aliphatic hydroxyl groups excluding tert-OH is 1. The van der Waals surface area contributed by atoms with Gasteiger partial charge in [-0.05, 0) is 30.9 Å². The maximum absolute atomic E-state index is 12.1. The number of halogens is 2. The van der Waals surface area contributed by atoms with Gasteiger partial charge in [-0.1, -0.05) is 23.2 Å². The van der Waals surface area contributed by atoms with Crippen LogP contribution in [0.5, 0.6) is 5.75 Å². The van der Waals surface area contributed by atoms with Crippen molar-refractivity contribution in [2.75, 3.05) is 13.1 Å². The van der Waals surface area contributed by atoms with Crippen molar-refractivity contribution in [1.82, 2.24) is 4.90 Å². The standard InChI is InChI=1S/C15H17Cl2NO3/c16-11-1-2-12(20)14(15(11)17)9-5-13(21)18(7-9)6-8-3-10(19)4-8/h1-2,8-10,19-20H,3-7H2/t8-,9-,10+/m1/s1. The zero-order chi connectivity index (χ0) is 15.1. The quantitative estimate of drug-likeness (QED) is 0.896. The number of benzene rings is 1. The lowest BCUT2D eigenvalue weighted by Gasteiger charge is -2.34. The van der Waals surface area contributed by atoms with Crippen LogP contribution in [0, 0.1) is 5.92 Å². The molecule has 1 amide bonds. The van der Waals surface area contributed by atoms with Gasteiger partial charge in [-0.3, -0.25) is 4.79 Å². The van der Waals surface area contributed by atoms with Crippen molar-refractivity contribution in [2.45, 2.75) is 31.3 Å². The van der Waals surface area contributed by atoms with Crippen LogP contribution in [0.25, 0.3) is 0 Å². The van der Waals surface area contributed by atoms with Crippen LogP contribution >= 0.6 is 23.2 Å². The van der Waals surface area contributed by atoms with Gasteiger partial charge in [0.15, 0.2) is 0 Å². The molecular weight excluding hydrogens is 313 g/mol. The second-order valence-electron chi connectivity index (χ2n) is 5.99. The van der Waals surface area contributed by atoms with Crippen LogP contribution in [0.1, 0.15) is 30.7 Å². The monoisotopic (exact) mass is 329 g/mol. The van der Waals surface area contributed by atoms with Crippen LogP contribution in [0.3, 0.4) is 0 Å². The largest absolute Gasteiger partial charge is 0.508 e. The predicted molar refractivity (Wildman–Crippen MR) is 80.8 cm³/mol. The van der Waals surface area contributed by atoms with Gasteiger partial charge in [0.25, 0.3) is 0 Å². The number of nitrogens with zero attached hydrogens (tertiary/aromatic N) is 1. The molecule has 1 aliphatic carbocycles. The fraction of sp³-hybridized carbons (Fsp3) is 0.533. The van der Waals surface area contributed by atoms with E-state index < -0.39 is 0 Å². The number of aliphatic hydroxyl groups is 1. The summed E-state index contributed by atoms with van der Waals surface area (Å²) in [5.74, 6) is 0.403. The molecule has 0 bridgehead atoms. The zero-order valence-corrected chi connectivity index (χ0v) is 12.9. The third-order valence-corrected chi connectivity index (χ3v) is 5.24. The van der Waals surface area contributed by atoms with E-state index in [9.17, 15) is 15.0 Å². The zero-order valence-electron chi connectivity index (χ0n) is 11.4. The SMILES string of the molecule is O=C1C[C@@H](c2c(O)ccc(Cl)c2Cl)CN1C[C@H]1C[C@@H](O)C1. The van der Waals surface area contributed by atoms with Gasteiger partial charge in [0.1, 0.15) is 5.75 Å². The van der Waals surface area contributed by atoms with Crippen LogP contribution in [0.2, 0.25) is 10.0 Å². The van der Waals surface area contributed by atoms with E-state index in [0.717, 1.165) is 12.8 Å². The van der Waals surface area contributed by atoms with Crippen molar-refractivity contribution in [3.05, 3.63) is 27.7 Å². The minimum Gasteiger partial charge on any atom is -0.508 e. The third kappa shape index (κ3) is 2.85. The number of carbonyl (C=O) groups excluding carboxylic acids is 1. The van der Waals surface area contributed by atoms with E-state index in [2.05, 4.69) is 0 Å². The average Bonchev–Trinajstić information content (AvgIpc) is 2.74. The molecule has 1 heterocycles. The van der Waals surface area contributed by atoms with Gasteiger partial charge in [0.05, 0.1) is 16.1 Å². The first kappa shape index (κ1) is 14.9. The molecule has 2 fully saturated rings. The summed E-state index contributed by atoms with van der Waals surface area (Å²) >= 11 is 12.2. The summed E-state index contributed by atoms with van der Waals surface area (Å²) in [6, 6.07) is 3.06. The van der Waals surface area contributed by atoms with Gasteiger partial charge < -0.3 is 15.1 Å². The minimum atomic E-state index is -0.213. The van der Waals surface area contributed by atoms with E-state index in [1.807, 2.05) is 0 Å². The highest BCUT2D eigenvalue weighted by molar-refractivity contribution is 6.42. The van der Waals surface area contributed by atoms with Gasteiger partial charge in [0, 0.05) is 31.0 Å². The topological polar surface area (TPSA) is 60.8 Å². The van der Waals surface area contributed by atoms with E-state index in [4.69, 9.17) is 23.2 Å². The number of phenols is 1. The van der Waals surface area contributed by atoms with Crippen LogP contribution in [-0.4, -0.2) is 40.2 Å². The fourth-order valence-electron chi connectivity index (χ4n) is 3.25. The van der Waals surface area contributed by atoms with Crippen molar-refractivity contribution in [3.63, 3.8) is 0 Å². The Morgan fingerprint density at radius 1 is 1.29 bits per heavy atom. The van der Waals surface area contributed by atoms with Crippen molar-refractivity contribution in [2.24, 2.45) is 5.92 Å². The summed E-state index contributed by atoms with van der Waals surface area (Å²) in [6.07, 6.45) is 1.65. The lowest BCUT2D eigenvalue weighted by molar-refractivity contribution is -0.129. The smallest absolute Gasteiger partial charge is 0.223 e. The molecule has 1 aromatic rings. The van der Waals surface area contributed by atoms with Crippen molar-refractivity contribution in [1.29, 1.82) is 0 Å². The summed E-state index contributed by atoms with van der Waals surface area (Å²) in [5, 5.41) is 20.1. The molecule has 1 atom stereocenters. The Balaban J connectivity index is 1.74. The Morgan fingerprint density at radius 3 is 2.67 bits per heavy atom. The van der Waals surface area contributed by atoms with E-state index >= 15 is 0 Å². The molecule has 1 saturated heterocycles. The summed E-state index contributed by atoms with van der Waals surface area (Å²) in [4.78, 5) is 13.9. The van der Waals surface area contributed by atoms with Crippen LogP contribution < -0.4 is 0 Å². The van der Waals surface area contributed by atoms with Gasteiger partial charge in [-0.2, -0.15) is 0 Å². The Bertz CT molecular complexity index is 572. The molecule has 0 unspecified atom stereocenters. The van der Waals surface area contributed by atoms with Gasteiger partial charge in [-0.15, -0.1) is 0 Å². The van der Waals surface area contributed by atoms with Crippen molar-refractivity contribution < 1.29 is 15.0 Å². The second-order valence-corrected chi connectivity index (χ2v) is 6.77. The molecule has 0 aromatic heterocycles. The number of carbonyl (C=O) groups is 1. The maximum Gasteiger partial charge on any atom is 0.223 e. The lowest BCUT2D eigenvalue weighted by atomic mass is 9.82. The molecule has 1 aliphatic heterocycles. The molecule has 2 aliphatic rings. The molecule has 3 rings (SSSR count). The first-order valence-corrected chi connectivity index (χ1v) is 7.84. The molecule has 21 heavy (non-hydrogen) atoms. The lowest BCUT2D eigenvalue weighted by Crippen LogP contribution is -2.39. The van der Waals surface area contributed by atoms with Crippen LogP contribution in [-0.2, 0) is 4.79 Å². The average molecular weight is 330 g/mol. The Hall–Kier alpha value is -0.970. The molecular formula is C15H17Cl2NO3. The van der Waals surface area contributed by atoms with E-state index in [1.54, 1.807) is 11.0 Å². The molecule has 6 heteroatoms. The van der Waals surface area contributed by atoms with Gasteiger partial charge >= 0.3 is 0 Å². The number of aromatic hydroxyl groups is 1. The number of hydrogen-bond donors (Lipinski definition) is 2. The molecule has 4 nitrogen and oxygen atoms in total. The third-order valence-electron chi connectivity index (χ3n) is 4.42. The first-order chi connectivity index (χ1) is 9.95. The Morgan fingerprint density at radius 2 is 2.00 bits per heavy atom. The summed E-state index contributed by atoms with van der Waals surface area (Å²) in [6.45, 7) is 1.21. The van der Waals surface area contributed by atoms with Gasteiger partial charge in [-0.25, -0.2) is 0 Å². The molecule has 2 N–H and O–H groups in total. The number of likely N-dealkylation sites (tertiary alicyclic amines) is 1. The van der Waals surface area contributed by atoms with Crippen LogP contribution in [0.4, 0.5) is 0 Å². The maximum atomic E-state index is 12.1. The van der Waals surface area contributed by atoms with Gasteiger partial charge in [0.2, 0.25) is 5.91 Å². The van der Waals surface area contributed by atoms with E-state index in [-0.39, 0.29) is 23.7 Å². The summed E-state index contributed by atoms with van der Waals surface area (Å²) in [5.41, 5.74) is 0.564. The van der Waals surface area contributed by atoms with E-state index in [0.29, 0.717) is 41.0 Å². The number of phenolic OH excluding ortho intramolecular Hbond substituents is 1. The molecule has 114 valence electrons.